The number of amidine groups is 1. The second-order valence-corrected chi connectivity index (χ2v) is 14.0. The van der Waals surface area contributed by atoms with Gasteiger partial charge in [0.05, 0.1) is 10.7 Å². The summed E-state index contributed by atoms with van der Waals surface area (Å²) in [5.74, 6) is -1.83. The summed E-state index contributed by atoms with van der Waals surface area (Å²) in [5.41, 5.74) is -3.88. The van der Waals surface area contributed by atoms with Crippen molar-refractivity contribution in [3.8, 4) is 5.75 Å². The average Bonchev–Trinajstić information content (AvgIpc) is 2.63. The van der Waals surface area contributed by atoms with Crippen LogP contribution in [0.4, 0.5) is 15.3 Å². The van der Waals surface area contributed by atoms with E-state index >= 15 is 0 Å². The van der Waals surface area contributed by atoms with Crippen LogP contribution in [0.15, 0.2) is 23.2 Å². The Morgan fingerprint density at radius 3 is 2.22 bits per heavy atom. The number of non-ortho nitro benzene ring substituents is 1. The molecule has 1 aliphatic heterocycles. The normalized spacial score (nSPS) is 21.3. The van der Waals surface area contributed by atoms with Gasteiger partial charge >= 0.3 is 12.2 Å². The molecule has 1 atom stereocenters. The number of benzene rings is 1. The molecule has 0 saturated heterocycles. The number of nitro benzene ring substituents is 1. The number of hydrogen-bond donors (Lipinski definition) is 2. The molecule has 2 N–H and O–H groups in total. The summed E-state index contributed by atoms with van der Waals surface area (Å²) in [6.07, 6.45) is -2.79. The SMILES string of the molecule is CC(C)(C)CC(C)(C)OC(=O)N(C(=O)O)C1=N[C@](C)(c2cc([N+](=O)[O-])ccc2O)CS(=O)(=O)C1(C)C. The number of imide groups is 1. The van der Waals surface area contributed by atoms with Gasteiger partial charge in [-0.15, -0.1) is 0 Å². The molecule has 36 heavy (non-hydrogen) atoms. The fourth-order valence-electron chi connectivity index (χ4n) is 4.47. The maximum absolute atomic E-state index is 13.4. The van der Waals surface area contributed by atoms with Crippen LogP contribution in [0.5, 0.6) is 5.75 Å². The summed E-state index contributed by atoms with van der Waals surface area (Å²) >= 11 is 0. The number of aliphatic imine (C=N–C) groups is 1. The van der Waals surface area contributed by atoms with E-state index in [0.717, 1.165) is 18.2 Å². The van der Waals surface area contributed by atoms with Crippen molar-refractivity contribution in [3.05, 3.63) is 33.9 Å². The zero-order valence-electron chi connectivity index (χ0n) is 21.6. The number of hydrogen-bond acceptors (Lipinski definition) is 9. The Morgan fingerprint density at radius 2 is 1.75 bits per heavy atom. The van der Waals surface area contributed by atoms with E-state index in [4.69, 9.17) is 4.74 Å². The average molecular weight is 528 g/mol. The summed E-state index contributed by atoms with van der Waals surface area (Å²) in [4.78, 5) is 40.5. The van der Waals surface area contributed by atoms with Crippen molar-refractivity contribution in [2.24, 2.45) is 10.4 Å². The predicted molar refractivity (Wildman–Crippen MR) is 132 cm³/mol. The number of carboxylic acid groups (broad SMARTS) is 1. The van der Waals surface area contributed by atoms with Gasteiger partial charge in [0.15, 0.2) is 9.84 Å². The van der Waals surface area contributed by atoms with Gasteiger partial charge in [0.2, 0.25) is 0 Å². The zero-order chi connectivity index (χ0) is 28.1. The van der Waals surface area contributed by atoms with E-state index in [1.54, 1.807) is 13.8 Å². The summed E-state index contributed by atoms with van der Waals surface area (Å²) in [6, 6.07) is 3.03. The quantitative estimate of drug-likeness (QED) is 0.423. The third kappa shape index (κ3) is 5.77. The molecule has 2 amide bonds. The standard InChI is InChI=1S/C23H33N3O9S/c1-20(2,3)12-21(4,5)35-19(30)25(18(28)29)17-22(6,7)36(33,34)13-23(8,24-17)15-11-14(26(31)32)9-10-16(15)27/h9-11,27H,12-13H2,1-8H3,(H,28,29)/t23-/m0/s1. The van der Waals surface area contributed by atoms with Crippen molar-refractivity contribution in [3.63, 3.8) is 0 Å². The molecule has 0 unspecified atom stereocenters. The third-order valence-corrected chi connectivity index (χ3v) is 8.50. The minimum absolute atomic E-state index is 0.147. The predicted octanol–water partition coefficient (Wildman–Crippen LogP) is 4.45. The van der Waals surface area contributed by atoms with Crippen LogP contribution in [-0.4, -0.2) is 62.6 Å². The van der Waals surface area contributed by atoms with Gasteiger partial charge in [-0.3, -0.25) is 15.1 Å². The fourth-order valence-corrected chi connectivity index (χ4v) is 6.20. The number of ether oxygens (including phenoxy) is 1. The van der Waals surface area contributed by atoms with Crippen molar-refractivity contribution in [1.29, 1.82) is 0 Å². The number of carbonyl (C=O) groups excluding carboxylic acids is 1. The van der Waals surface area contributed by atoms with E-state index in [9.17, 15) is 38.3 Å². The van der Waals surface area contributed by atoms with Crippen LogP contribution in [0.25, 0.3) is 0 Å². The first-order valence-corrected chi connectivity index (χ1v) is 12.7. The number of phenolic OH excluding ortho intramolecular Hbond substituents is 1. The Labute approximate surface area is 210 Å². The molecule has 0 fully saturated rings. The lowest BCUT2D eigenvalue weighted by Gasteiger charge is -2.41. The highest BCUT2D eigenvalue weighted by molar-refractivity contribution is 7.93. The van der Waals surface area contributed by atoms with Gasteiger partial charge in [0.1, 0.15) is 27.5 Å². The van der Waals surface area contributed by atoms with Crippen LogP contribution >= 0.6 is 0 Å². The summed E-state index contributed by atoms with van der Waals surface area (Å²) < 4.78 is 30.3. The lowest BCUT2D eigenvalue weighted by atomic mass is 9.84. The molecule has 0 aliphatic carbocycles. The van der Waals surface area contributed by atoms with E-state index in [2.05, 4.69) is 4.99 Å². The second kappa shape index (κ2) is 9.02. The molecule has 0 spiro atoms. The van der Waals surface area contributed by atoms with Gasteiger partial charge < -0.3 is 14.9 Å². The highest BCUT2D eigenvalue weighted by Crippen LogP contribution is 2.43. The number of sulfone groups is 1. The molecule has 0 aromatic heterocycles. The lowest BCUT2D eigenvalue weighted by molar-refractivity contribution is -0.385. The van der Waals surface area contributed by atoms with Gasteiger partial charge in [0.25, 0.3) is 5.69 Å². The number of rotatable bonds is 4. The topological polar surface area (TPSA) is 177 Å². The number of nitrogens with zero attached hydrogens (tertiary/aromatic N) is 3. The minimum atomic E-state index is -4.22. The number of nitro groups is 1. The summed E-state index contributed by atoms with van der Waals surface area (Å²) in [6.45, 7) is 12.6. The molecule has 0 saturated carbocycles. The Balaban J connectivity index is 2.74. The molecule has 1 heterocycles. The first-order valence-electron chi connectivity index (χ1n) is 11.1. The first kappa shape index (κ1) is 29.0. The summed E-state index contributed by atoms with van der Waals surface area (Å²) in [5, 5.41) is 31.7. The van der Waals surface area contributed by atoms with Gasteiger partial charge in [-0.1, -0.05) is 20.8 Å². The molecule has 1 aromatic rings. The van der Waals surface area contributed by atoms with Gasteiger partial charge in [-0.25, -0.2) is 18.0 Å². The maximum atomic E-state index is 13.4. The van der Waals surface area contributed by atoms with E-state index < -0.39 is 65.9 Å². The van der Waals surface area contributed by atoms with E-state index in [-0.39, 0.29) is 15.9 Å². The third-order valence-electron chi connectivity index (χ3n) is 5.82. The maximum Gasteiger partial charge on any atom is 0.425 e. The van der Waals surface area contributed by atoms with Crippen LogP contribution in [0.1, 0.15) is 67.4 Å². The Bertz CT molecular complexity index is 1230. The van der Waals surface area contributed by atoms with E-state index in [0.29, 0.717) is 6.42 Å². The number of aromatic hydroxyl groups is 1. The van der Waals surface area contributed by atoms with Crippen molar-refractivity contribution >= 4 is 33.5 Å². The fraction of sp³-hybridized carbons (Fsp3) is 0.609. The van der Waals surface area contributed by atoms with Crippen molar-refractivity contribution in [2.75, 3.05) is 5.75 Å². The first-order chi connectivity index (χ1) is 16.0. The van der Waals surface area contributed by atoms with Gasteiger partial charge in [0, 0.05) is 17.7 Å². The molecule has 0 radical (unpaired) electrons. The van der Waals surface area contributed by atoms with Crippen LogP contribution in [-0.2, 0) is 20.1 Å². The highest BCUT2D eigenvalue weighted by atomic mass is 32.2. The van der Waals surface area contributed by atoms with Crippen LogP contribution in [0.3, 0.4) is 0 Å². The minimum Gasteiger partial charge on any atom is -0.508 e. The van der Waals surface area contributed by atoms with E-state index in [1.807, 2.05) is 20.8 Å². The van der Waals surface area contributed by atoms with Crippen molar-refractivity contribution in [2.45, 2.75) is 77.7 Å². The number of phenols is 1. The zero-order valence-corrected chi connectivity index (χ0v) is 22.5. The van der Waals surface area contributed by atoms with E-state index in [1.165, 1.54) is 20.8 Å². The van der Waals surface area contributed by atoms with Crippen molar-refractivity contribution in [1.82, 2.24) is 4.90 Å². The van der Waals surface area contributed by atoms with Crippen LogP contribution < -0.4 is 0 Å². The molecule has 2 rings (SSSR count). The highest BCUT2D eigenvalue weighted by Gasteiger charge is 2.55. The molecule has 1 aliphatic rings. The molecular formula is C23H33N3O9S. The number of amides is 2. The molecule has 13 heteroatoms. The molecule has 12 nitrogen and oxygen atoms in total. The summed E-state index contributed by atoms with van der Waals surface area (Å²) in [7, 11) is -4.22. The van der Waals surface area contributed by atoms with Crippen LogP contribution in [0.2, 0.25) is 0 Å². The largest absolute Gasteiger partial charge is 0.508 e. The van der Waals surface area contributed by atoms with Crippen molar-refractivity contribution < 1.29 is 37.9 Å². The Hall–Kier alpha value is -3.22. The smallest absolute Gasteiger partial charge is 0.425 e. The second-order valence-electron chi connectivity index (χ2n) is 11.4. The van der Waals surface area contributed by atoms with Gasteiger partial charge in [-0.05, 0) is 52.5 Å². The Kier molecular flexibility index (Phi) is 7.27. The van der Waals surface area contributed by atoms with Gasteiger partial charge in [-0.2, -0.15) is 4.90 Å². The van der Waals surface area contributed by atoms with Crippen LogP contribution in [0, 0.1) is 15.5 Å². The lowest BCUT2D eigenvalue weighted by Crippen LogP contribution is -2.60. The monoisotopic (exact) mass is 527 g/mol. The number of carbonyl (C=O) groups is 2. The molecule has 0 bridgehead atoms. The molecule has 200 valence electrons. The molecular weight excluding hydrogens is 494 g/mol. The Morgan fingerprint density at radius 1 is 1.19 bits per heavy atom. The molecule has 1 aromatic carbocycles.